The number of rotatable bonds is 6. The summed E-state index contributed by atoms with van der Waals surface area (Å²) in [7, 11) is 0. The fraction of sp³-hybridized carbons (Fsp3) is 0.172. The lowest BCUT2D eigenvalue weighted by molar-refractivity contribution is 0.640. The van der Waals surface area contributed by atoms with Gasteiger partial charge in [-0.3, -0.25) is 0 Å². The zero-order chi connectivity index (χ0) is 39.9. The Labute approximate surface area is 349 Å². The number of hydrogen-bond donors (Lipinski definition) is 0. The highest BCUT2D eigenvalue weighted by molar-refractivity contribution is 5.94. The first-order chi connectivity index (χ1) is 28.8. The molecule has 4 atom stereocenters. The van der Waals surface area contributed by atoms with Crippen LogP contribution in [0.2, 0.25) is 0 Å². The standard InChI is InChI=1S/C58H49N/c1-57(2)50-30-15-13-25-44(50)46-34-33-42(37-52(46)57)59(53-32-18-27-43(38-19-7-5-8-20-38)55(53)39-21-9-6-10-22-39)54-36-41-24-12-11-23-40(41)35-49(54)48-29-17-28-47-45-26-14-16-31-51(45)58(3,4)56(47)48/h5-37,40-41,43,55H,1-4H3. The van der Waals surface area contributed by atoms with E-state index in [4.69, 9.17) is 0 Å². The van der Waals surface area contributed by atoms with Crippen molar-refractivity contribution < 1.29 is 0 Å². The molecule has 286 valence electrons. The van der Waals surface area contributed by atoms with Gasteiger partial charge < -0.3 is 4.90 Å². The lowest BCUT2D eigenvalue weighted by Crippen LogP contribution is -2.33. The average Bonchev–Trinajstić information content (AvgIpc) is 3.66. The molecule has 59 heavy (non-hydrogen) atoms. The summed E-state index contributed by atoms with van der Waals surface area (Å²) < 4.78 is 0. The third kappa shape index (κ3) is 5.51. The summed E-state index contributed by atoms with van der Waals surface area (Å²) in [5, 5.41) is 0. The Balaban J connectivity index is 1.18. The molecule has 5 aliphatic rings. The predicted molar refractivity (Wildman–Crippen MR) is 247 cm³/mol. The van der Waals surface area contributed by atoms with Crippen LogP contribution in [0.1, 0.15) is 78.5 Å². The Morgan fingerprint density at radius 1 is 0.458 bits per heavy atom. The second-order valence-corrected chi connectivity index (χ2v) is 18.0. The maximum Gasteiger partial charge on any atom is 0.0500 e. The number of fused-ring (bicyclic) bond motifs is 7. The summed E-state index contributed by atoms with van der Waals surface area (Å²) >= 11 is 0. The molecule has 0 radical (unpaired) electrons. The van der Waals surface area contributed by atoms with Gasteiger partial charge in [-0.1, -0.05) is 210 Å². The number of nitrogens with zero attached hydrogens (tertiary/aromatic N) is 1. The normalized spacial score (nSPS) is 22.3. The van der Waals surface area contributed by atoms with Crippen molar-refractivity contribution in [3.63, 3.8) is 0 Å². The molecule has 1 heteroatoms. The molecule has 0 N–H and O–H groups in total. The van der Waals surface area contributed by atoms with Crippen LogP contribution in [0, 0.1) is 11.8 Å². The Kier molecular flexibility index (Phi) is 8.21. The first kappa shape index (κ1) is 35.7. The number of allylic oxidation sites excluding steroid dienone is 11. The molecule has 0 amide bonds. The highest BCUT2D eigenvalue weighted by atomic mass is 15.2. The predicted octanol–water partition coefficient (Wildman–Crippen LogP) is 14.5. The minimum Gasteiger partial charge on any atom is -0.313 e. The lowest BCUT2D eigenvalue weighted by Gasteiger charge is -2.42. The van der Waals surface area contributed by atoms with Crippen LogP contribution in [-0.2, 0) is 10.8 Å². The monoisotopic (exact) mass is 759 g/mol. The summed E-state index contributed by atoms with van der Waals surface area (Å²) in [5.41, 5.74) is 19.6. The molecule has 0 aromatic heterocycles. The van der Waals surface area contributed by atoms with Crippen LogP contribution >= 0.6 is 0 Å². The molecule has 4 unspecified atom stereocenters. The van der Waals surface area contributed by atoms with Gasteiger partial charge in [0, 0.05) is 51.5 Å². The van der Waals surface area contributed by atoms with Gasteiger partial charge in [0.15, 0.2) is 0 Å². The highest BCUT2D eigenvalue weighted by Crippen LogP contribution is 2.56. The van der Waals surface area contributed by atoms with Crippen LogP contribution in [-0.4, -0.2) is 0 Å². The van der Waals surface area contributed by atoms with E-state index in [9.17, 15) is 0 Å². The van der Waals surface area contributed by atoms with Gasteiger partial charge in [0.05, 0.1) is 5.70 Å². The van der Waals surface area contributed by atoms with Crippen molar-refractivity contribution in [2.24, 2.45) is 11.8 Å². The van der Waals surface area contributed by atoms with E-state index in [1.807, 2.05) is 0 Å². The first-order valence-electron chi connectivity index (χ1n) is 21.4. The third-order valence-electron chi connectivity index (χ3n) is 14.0. The smallest absolute Gasteiger partial charge is 0.0500 e. The van der Waals surface area contributed by atoms with Crippen LogP contribution in [0.25, 0.3) is 27.8 Å². The molecule has 0 fully saturated rings. The van der Waals surface area contributed by atoms with Crippen molar-refractivity contribution in [1.82, 2.24) is 0 Å². The van der Waals surface area contributed by atoms with Gasteiger partial charge in [-0.25, -0.2) is 0 Å². The molecule has 0 bridgehead atoms. The summed E-state index contributed by atoms with van der Waals surface area (Å²) in [5.74, 6) is 0.704. The second-order valence-electron chi connectivity index (χ2n) is 18.0. The summed E-state index contributed by atoms with van der Waals surface area (Å²) in [4.78, 5) is 2.67. The van der Waals surface area contributed by atoms with Gasteiger partial charge in [0.1, 0.15) is 0 Å². The van der Waals surface area contributed by atoms with Crippen LogP contribution < -0.4 is 4.90 Å². The van der Waals surface area contributed by atoms with Crippen molar-refractivity contribution in [3.05, 3.63) is 251 Å². The molecule has 0 heterocycles. The van der Waals surface area contributed by atoms with Crippen molar-refractivity contribution in [2.45, 2.75) is 50.4 Å². The Bertz CT molecular complexity index is 2840. The van der Waals surface area contributed by atoms with Gasteiger partial charge in [-0.2, -0.15) is 0 Å². The molecule has 6 aromatic carbocycles. The van der Waals surface area contributed by atoms with Crippen LogP contribution in [0.15, 0.2) is 212 Å². The fourth-order valence-corrected chi connectivity index (χ4v) is 11.2. The maximum absolute atomic E-state index is 2.67. The minimum atomic E-state index is -0.167. The largest absolute Gasteiger partial charge is 0.313 e. The fourth-order valence-electron chi connectivity index (χ4n) is 11.2. The van der Waals surface area contributed by atoms with Crippen molar-refractivity contribution in [1.29, 1.82) is 0 Å². The summed E-state index contributed by atoms with van der Waals surface area (Å²) in [6.45, 7) is 9.63. The molecular formula is C58H49N. The van der Waals surface area contributed by atoms with E-state index in [-0.39, 0.29) is 34.5 Å². The van der Waals surface area contributed by atoms with E-state index in [1.165, 1.54) is 83.9 Å². The van der Waals surface area contributed by atoms with Gasteiger partial charge in [0.2, 0.25) is 0 Å². The SMILES string of the molecule is CC1(C)c2ccccc2-c2ccc(N(C3=CC4C=CC=CC4C=C3c3cccc4c3C(C)(C)c3ccccc3-4)C3=CC=CC(c4ccccc4)C3c3ccccc3)cc21. The Hall–Kier alpha value is -6.44. The van der Waals surface area contributed by atoms with E-state index in [0.29, 0.717) is 0 Å². The van der Waals surface area contributed by atoms with Crippen molar-refractivity contribution >= 4 is 11.3 Å². The second kappa shape index (κ2) is 13.6. The summed E-state index contributed by atoms with van der Waals surface area (Å²) in [6.07, 6.45) is 21.5. The van der Waals surface area contributed by atoms with Gasteiger partial charge in [-0.15, -0.1) is 0 Å². The van der Waals surface area contributed by atoms with Gasteiger partial charge in [0.25, 0.3) is 0 Å². The molecule has 6 aromatic rings. The van der Waals surface area contributed by atoms with E-state index < -0.39 is 0 Å². The lowest BCUT2D eigenvalue weighted by atomic mass is 9.73. The Morgan fingerprint density at radius 3 is 1.76 bits per heavy atom. The molecule has 5 aliphatic carbocycles. The molecule has 0 saturated heterocycles. The van der Waals surface area contributed by atoms with Gasteiger partial charge in [-0.05, 0) is 79.4 Å². The minimum absolute atomic E-state index is 0.0610. The van der Waals surface area contributed by atoms with E-state index in [1.54, 1.807) is 0 Å². The first-order valence-corrected chi connectivity index (χ1v) is 21.4. The molecular weight excluding hydrogens is 711 g/mol. The van der Waals surface area contributed by atoms with E-state index in [0.717, 1.165) is 0 Å². The van der Waals surface area contributed by atoms with E-state index >= 15 is 0 Å². The molecule has 0 saturated carbocycles. The zero-order valence-electron chi connectivity index (χ0n) is 34.3. The van der Waals surface area contributed by atoms with Crippen LogP contribution in [0.4, 0.5) is 5.69 Å². The van der Waals surface area contributed by atoms with Crippen LogP contribution in [0.5, 0.6) is 0 Å². The average molecular weight is 760 g/mol. The molecule has 0 spiro atoms. The van der Waals surface area contributed by atoms with E-state index in [2.05, 4.69) is 233 Å². The molecule has 11 rings (SSSR count). The molecule has 1 nitrogen and oxygen atoms in total. The number of anilines is 1. The molecule has 0 aliphatic heterocycles. The van der Waals surface area contributed by atoms with Gasteiger partial charge >= 0.3 is 0 Å². The Morgan fingerprint density at radius 2 is 1.03 bits per heavy atom. The number of hydrogen-bond acceptors (Lipinski definition) is 1. The third-order valence-corrected chi connectivity index (χ3v) is 14.0. The zero-order valence-corrected chi connectivity index (χ0v) is 34.3. The van der Waals surface area contributed by atoms with Crippen molar-refractivity contribution in [2.75, 3.05) is 4.90 Å². The topological polar surface area (TPSA) is 3.24 Å². The van der Waals surface area contributed by atoms with Crippen LogP contribution in [0.3, 0.4) is 0 Å². The highest BCUT2D eigenvalue weighted by Gasteiger charge is 2.42. The quantitative estimate of drug-likeness (QED) is 0.163. The summed E-state index contributed by atoms with van der Waals surface area (Å²) in [6, 6.07) is 54.7. The number of benzene rings is 6. The maximum atomic E-state index is 2.67. The van der Waals surface area contributed by atoms with Crippen molar-refractivity contribution in [3.8, 4) is 22.3 Å².